The first kappa shape index (κ1) is 29.3. The molecular weight excluding hydrogens is 596 g/mol. The number of para-hydroxylation sites is 1. The van der Waals surface area contributed by atoms with Crippen molar-refractivity contribution in [2.75, 3.05) is 19.1 Å². The second kappa shape index (κ2) is 9.73. The average molecular weight is 615 g/mol. The molecule has 0 aliphatic carbocycles. The monoisotopic (exact) mass is 614 g/mol. The van der Waals surface area contributed by atoms with E-state index in [0.717, 1.165) is 11.8 Å². The van der Waals surface area contributed by atoms with E-state index in [1.165, 1.54) is 43.3 Å². The molecule has 2 unspecified atom stereocenters. The average Bonchev–Trinajstić information content (AvgIpc) is 3.14. The number of fused-ring (bicyclic) bond motifs is 3. The van der Waals surface area contributed by atoms with Crippen molar-refractivity contribution in [3.63, 3.8) is 0 Å². The summed E-state index contributed by atoms with van der Waals surface area (Å²) in [6.07, 6.45) is -1.94. The van der Waals surface area contributed by atoms with Crippen molar-refractivity contribution >= 4 is 47.8 Å². The van der Waals surface area contributed by atoms with Gasteiger partial charge in [-0.25, -0.2) is 0 Å². The Morgan fingerprint density at radius 1 is 0.923 bits per heavy atom. The maximum atomic E-state index is 13.8. The lowest BCUT2D eigenvalue weighted by Gasteiger charge is -2.37. The van der Waals surface area contributed by atoms with E-state index in [1.54, 1.807) is 24.3 Å². The number of nitrogens with zero attached hydrogens (tertiary/aromatic N) is 1. The van der Waals surface area contributed by atoms with Crippen molar-refractivity contribution in [3.05, 3.63) is 69.8 Å². The van der Waals surface area contributed by atoms with Crippen LogP contribution in [0.1, 0.15) is 22.8 Å². The number of carbonyl (C=O) groups excluding carboxylic acids is 1. The number of Topliss-reactive ketones (excluding diaryl/α,β-unsaturated/α-hetero) is 1. The van der Waals surface area contributed by atoms with E-state index in [4.69, 9.17) is 4.74 Å². The summed E-state index contributed by atoms with van der Waals surface area (Å²) in [5.41, 5.74) is -12.2. The van der Waals surface area contributed by atoms with E-state index >= 15 is 0 Å². The molecular formula is C23H18F6NO6S3-. The summed E-state index contributed by atoms with van der Waals surface area (Å²) in [7, 11) is -11.2. The molecule has 2 aliphatic heterocycles. The molecule has 0 radical (unpaired) electrons. The molecule has 0 bridgehead atoms. The van der Waals surface area contributed by atoms with Gasteiger partial charge in [0, 0.05) is 17.6 Å². The minimum atomic E-state index is -7.03. The van der Waals surface area contributed by atoms with Crippen LogP contribution in [0.4, 0.5) is 32.0 Å². The van der Waals surface area contributed by atoms with Crippen molar-refractivity contribution in [3.8, 4) is 5.75 Å². The van der Waals surface area contributed by atoms with Crippen molar-refractivity contribution in [2.45, 2.75) is 28.7 Å². The third-order valence-corrected chi connectivity index (χ3v) is 11.8. The molecule has 16 heteroatoms. The molecule has 0 N–H and O–H groups in total. The molecule has 0 saturated heterocycles. The summed E-state index contributed by atoms with van der Waals surface area (Å²) in [4.78, 5) is 15.1. The number of hydrogen-bond donors (Lipinski definition) is 0. The zero-order valence-electron chi connectivity index (χ0n) is 19.9. The van der Waals surface area contributed by atoms with Crippen LogP contribution in [-0.2, 0) is 24.5 Å². The van der Waals surface area contributed by atoms with E-state index in [0.29, 0.717) is 17.0 Å². The van der Waals surface area contributed by atoms with Gasteiger partial charge in [-0.05, 0) is 34.9 Å². The fourth-order valence-electron chi connectivity index (χ4n) is 4.39. The number of halogens is 6. The lowest BCUT2D eigenvalue weighted by Crippen LogP contribution is -2.43. The highest BCUT2D eigenvalue weighted by atomic mass is 32.3. The Hall–Kier alpha value is -2.72. The number of anilines is 1. The lowest BCUT2D eigenvalue weighted by atomic mass is 9.95. The third-order valence-electron chi connectivity index (χ3n) is 6.29. The second-order valence-electron chi connectivity index (χ2n) is 8.50. The third kappa shape index (κ3) is 4.79. The highest BCUT2D eigenvalue weighted by Crippen LogP contribution is 2.57. The molecule has 7 nitrogen and oxygen atoms in total. The van der Waals surface area contributed by atoms with Crippen LogP contribution in [0.5, 0.6) is 5.75 Å². The first-order chi connectivity index (χ1) is 17.9. The quantitative estimate of drug-likeness (QED) is 0.330. The smallest absolute Gasteiger partial charge is 0.469 e. The van der Waals surface area contributed by atoms with Gasteiger partial charge in [-0.2, -0.15) is 26.3 Å². The lowest BCUT2D eigenvalue weighted by molar-refractivity contribution is -0.116. The van der Waals surface area contributed by atoms with E-state index in [-0.39, 0.29) is 10.5 Å². The Morgan fingerprint density at radius 3 is 1.97 bits per heavy atom. The maximum Gasteiger partial charge on any atom is 0.469 e. The summed E-state index contributed by atoms with van der Waals surface area (Å²) >= 11 is 0.916. The minimum Gasteiger partial charge on any atom is -0.497 e. The van der Waals surface area contributed by atoms with Gasteiger partial charge >= 0.3 is 11.0 Å². The number of ketones is 1. The van der Waals surface area contributed by atoms with Crippen LogP contribution in [0.15, 0.2) is 54.1 Å². The second-order valence-corrected chi connectivity index (χ2v) is 13.8. The number of hydrogen-bond acceptors (Lipinski definition) is 8. The normalized spacial score (nSPS) is 20.3. The fraction of sp³-hybridized carbons (Fsp3) is 0.304. The zero-order chi connectivity index (χ0) is 29.1. The van der Waals surface area contributed by atoms with Gasteiger partial charge in [0.15, 0.2) is 5.78 Å². The number of ether oxygens (including phenoxy) is 1. The topological polar surface area (TPSA) is 97.8 Å². The summed E-state index contributed by atoms with van der Waals surface area (Å²) in [5, 5.41) is -0.665. The number of benzene rings is 2. The molecule has 2 aromatic rings. The number of sulfone groups is 2. The van der Waals surface area contributed by atoms with Crippen LogP contribution in [0.2, 0.25) is 0 Å². The molecule has 2 atom stereocenters. The van der Waals surface area contributed by atoms with Crippen molar-refractivity contribution in [2.24, 2.45) is 0 Å². The minimum absolute atomic E-state index is 0.141. The SMILES string of the molecule is COc1ccc(C2=C(C[C-](S(=O)(=O)C(F)(F)F)S(=O)(=O)C(F)(F)F)C(=O)C3C(S2)c2ccccc2N3C)cc1. The molecule has 0 aromatic heterocycles. The molecule has 0 spiro atoms. The van der Waals surface area contributed by atoms with Crippen LogP contribution in [0, 0.1) is 4.58 Å². The van der Waals surface area contributed by atoms with Gasteiger partial charge in [0.25, 0.3) is 0 Å². The van der Waals surface area contributed by atoms with Crippen molar-refractivity contribution < 1.29 is 52.7 Å². The van der Waals surface area contributed by atoms with Gasteiger partial charge in [-0.1, -0.05) is 34.9 Å². The predicted octanol–water partition coefficient (Wildman–Crippen LogP) is 5.03. The number of thioether (sulfide) groups is 1. The van der Waals surface area contributed by atoms with Gasteiger partial charge in [0.1, 0.15) is 31.5 Å². The molecule has 4 rings (SSSR count). The van der Waals surface area contributed by atoms with Crippen LogP contribution in [0.25, 0.3) is 4.91 Å². The Labute approximate surface area is 223 Å². The Morgan fingerprint density at radius 2 is 1.46 bits per heavy atom. The largest absolute Gasteiger partial charge is 0.497 e. The Bertz CT molecular complexity index is 1510. The van der Waals surface area contributed by atoms with E-state index in [1.807, 2.05) is 0 Å². The maximum absolute atomic E-state index is 13.8. The molecule has 2 heterocycles. The zero-order valence-corrected chi connectivity index (χ0v) is 22.3. The van der Waals surface area contributed by atoms with Gasteiger partial charge in [-0.3, -0.25) is 21.6 Å². The number of carbonyl (C=O) groups is 1. The van der Waals surface area contributed by atoms with Gasteiger partial charge in [0.05, 0.1) is 12.4 Å². The fourth-order valence-corrected chi connectivity index (χ4v) is 8.90. The van der Waals surface area contributed by atoms with E-state index < -0.39 is 64.3 Å². The summed E-state index contributed by atoms with van der Waals surface area (Å²) in [6.45, 7) is 0. The molecule has 0 fully saturated rings. The van der Waals surface area contributed by atoms with Crippen LogP contribution in [0.3, 0.4) is 0 Å². The number of alkyl halides is 6. The first-order valence-corrected chi connectivity index (χ1v) is 14.7. The molecule has 2 aliphatic rings. The molecule has 2 aromatic carbocycles. The summed E-state index contributed by atoms with van der Waals surface area (Å²) < 4.78 is 132. The van der Waals surface area contributed by atoms with Crippen LogP contribution < -0.4 is 9.64 Å². The summed E-state index contributed by atoms with van der Waals surface area (Å²) in [5.74, 6) is -0.668. The Kier molecular flexibility index (Phi) is 7.30. The predicted molar refractivity (Wildman–Crippen MR) is 132 cm³/mol. The number of likely N-dealkylation sites (N-methyl/N-ethyl adjacent to an activating group) is 1. The van der Waals surface area contributed by atoms with Gasteiger partial charge < -0.3 is 9.64 Å². The molecule has 0 amide bonds. The first-order valence-electron chi connectivity index (χ1n) is 10.8. The van der Waals surface area contributed by atoms with Crippen molar-refractivity contribution in [1.82, 2.24) is 0 Å². The van der Waals surface area contributed by atoms with Crippen molar-refractivity contribution in [1.29, 1.82) is 0 Å². The van der Waals surface area contributed by atoms with Crippen LogP contribution >= 0.6 is 11.8 Å². The standard InChI is InChI=1S/C23H18F6NO6S3/c1-30-16-6-4-3-5-14(16)21-18(30)19(31)15(20(37-21)12-7-9-13(36-2)10-8-12)11-17(38(32,33)22(24,25)26)39(34,35)23(27,28)29/h3-10,18,21H,11H2,1-2H3/q-1. The molecule has 0 saturated carbocycles. The van der Waals surface area contributed by atoms with Crippen LogP contribution in [-0.4, -0.2) is 53.8 Å². The molecule has 212 valence electrons. The van der Waals surface area contributed by atoms with Gasteiger partial charge in [0.2, 0.25) is 0 Å². The number of rotatable bonds is 6. The highest BCUT2D eigenvalue weighted by molar-refractivity contribution is 8.13. The number of methoxy groups -OCH3 is 1. The van der Waals surface area contributed by atoms with E-state index in [9.17, 15) is 48.0 Å². The van der Waals surface area contributed by atoms with Gasteiger partial charge in [-0.15, -0.1) is 18.2 Å². The highest BCUT2D eigenvalue weighted by Gasteiger charge is 2.55. The summed E-state index contributed by atoms with van der Waals surface area (Å²) in [6, 6.07) is 11.1. The van der Waals surface area contributed by atoms with E-state index in [2.05, 4.69) is 0 Å². The Balaban J connectivity index is 1.95. The molecule has 39 heavy (non-hydrogen) atoms.